The molecule has 8 rings (SSSR count). The molecule has 7 aromatic rings. The second kappa shape index (κ2) is 8.04. The van der Waals surface area contributed by atoms with Crippen molar-refractivity contribution in [2.75, 3.05) is 0 Å². The second-order valence-corrected chi connectivity index (χ2v) is 11.7. The molecule has 0 aliphatic heterocycles. The van der Waals surface area contributed by atoms with E-state index >= 15 is 0 Å². The van der Waals surface area contributed by atoms with Crippen LogP contribution in [0, 0.1) is 19.8 Å². The number of fused-ring (bicyclic) bond motifs is 5. The summed E-state index contributed by atoms with van der Waals surface area (Å²) in [6.45, 7) is 4.58. The summed E-state index contributed by atoms with van der Waals surface area (Å²) in [7, 11) is 2.21. The molecule has 0 amide bonds. The summed E-state index contributed by atoms with van der Waals surface area (Å²) in [5, 5.41) is 6.85. The van der Waals surface area contributed by atoms with Crippen LogP contribution in [0.5, 0.6) is 0 Å². The molecule has 0 bridgehead atoms. The standard InChI is InChI=1S/C36H33N2/c1-22-17-30-29-21-27(26-11-5-4-6-12-26)13-14-31(29)38-32-20-25(18-24-9-7-8-10-24)19-28-15-16-37(3)36(34(28)32)33(23(22)2)35(30)38/h4-6,11-17,19-21,24H,7-10,18H2,1-3H3/q+1. The van der Waals surface area contributed by atoms with Gasteiger partial charge in [0.05, 0.1) is 27.3 Å². The largest absolute Gasteiger partial charge is 0.307 e. The van der Waals surface area contributed by atoms with Gasteiger partial charge in [-0.05, 0) is 83.7 Å². The Balaban J connectivity index is 1.56. The zero-order valence-corrected chi connectivity index (χ0v) is 22.5. The van der Waals surface area contributed by atoms with Crippen molar-refractivity contribution in [3.8, 4) is 11.1 Å². The molecule has 1 aliphatic carbocycles. The number of aryl methyl sites for hydroxylation is 3. The monoisotopic (exact) mass is 493 g/mol. The van der Waals surface area contributed by atoms with Crippen LogP contribution in [-0.2, 0) is 13.5 Å². The fraction of sp³-hybridized carbons (Fsp3) is 0.250. The third-order valence-corrected chi connectivity index (χ3v) is 9.43. The maximum absolute atomic E-state index is 2.59. The molecular weight excluding hydrogens is 460 g/mol. The molecule has 186 valence electrons. The van der Waals surface area contributed by atoms with Gasteiger partial charge in [0.2, 0.25) is 5.52 Å². The molecule has 38 heavy (non-hydrogen) atoms. The lowest BCUT2D eigenvalue weighted by Crippen LogP contribution is -2.29. The Labute approximate surface area is 223 Å². The Morgan fingerprint density at radius 1 is 0.789 bits per heavy atom. The number of rotatable bonds is 3. The highest BCUT2D eigenvalue weighted by atomic mass is 15.0. The molecule has 0 radical (unpaired) electrons. The predicted octanol–water partition coefficient (Wildman–Crippen LogP) is 8.83. The maximum atomic E-state index is 2.59. The first kappa shape index (κ1) is 22.1. The predicted molar refractivity (Wildman–Crippen MR) is 160 cm³/mol. The first-order valence-electron chi connectivity index (χ1n) is 14.2. The molecule has 1 aliphatic rings. The summed E-state index contributed by atoms with van der Waals surface area (Å²) in [6.07, 6.45) is 9.00. The van der Waals surface area contributed by atoms with Crippen LogP contribution in [-0.4, -0.2) is 4.40 Å². The van der Waals surface area contributed by atoms with E-state index < -0.39 is 0 Å². The van der Waals surface area contributed by atoms with Crippen molar-refractivity contribution in [1.82, 2.24) is 4.40 Å². The molecule has 4 aromatic carbocycles. The van der Waals surface area contributed by atoms with E-state index in [0.717, 1.165) is 5.92 Å². The SMILES string of the molecule is Cc1cc2c3cc(-c4ccccc4)ccc3n3c4cc(CC5CCCC5)cc5cc[n+](C)c(c(c1C)c23)c54. The van der Waals surface area contributed by atoms with Gasteiger partial charge in [-0.2, -0.15) is 0 Å². The van der Waals surface area contributed by atoms with Gasteiger partial charge in [0.1, 0.15) is 7.05 Å². The minimum atomic E-state index is 0.828. The molecule has 3 aromatic heterocycles. The van der Waals surface area contributed by atoms with E-state index in [1.54, 1.807) is 0 Å². The summed E-state index contributed by atoms with van der Waals surface area (Å²) < 4.78 is 4.94. The summed E-state index contributed by atoms with van der Waals surface area (Å²) >= 11 is 0. The van der Waals surface area contributed by atoms with Crippen molar-refractivity contribution < 1.29 is 4.57 Å². The molecule has 0 saturated heterocycles. The van der Waals surface area contributed by atoms with E-state index in [1.165, 1.54) is 109 Å². The Morgan fingerprint density at radius 2 is 1.61 bits per heavy atom. The lowest BCUT2D eigenvalue weighted by molar-refractivity contribution is -0.643. The molecule has 3 heterocycles. The van der Waals surface area contributed by atoms with Crippen LogP contribution in [0.15, 0.2) is 79.0 Å². The van der Waals surface area contributed by atoms with Crippen molar-refractivity contribution in [2.45, 2.75) is 46.0 Å². The Kier molecular flexibility index (Phi) is 4.68. The molecular formula is C36H33N2+. The molecule has 2 nitrogen and oxygen atoms in total. The van der Waals surface area contributed by atoms with Crippen molar-refractivity contribution in [3.63, 3.8) is 0 Å². The number of pyridine rings is 2. The summed E-state index contributed by atoms with van der Waals surface area (Å²) in [4.78, 5) is 0. The van der Waals surface area contributed by atoms with E-state index in [4.69, 9.17) is 0 Å². The normalized spacial score (nSPS) is 14.8. The van der Waals surface area contributed by atoms with Gasteiger partial charge in [-0.25, -0.2) is 4.57 Å². The molecule has 0 unspecified atom stereocenters. The van der Waals surface area contributed by atoms with Gasteiger partial charge in [0.15, 0.2) is 6.20 Å². The fourth-order valence-electron chi connectivity index (χ4n) is 7.44. The molecule has 0 atom stereocenters. The molecule has 2 heteroatoms. The van der Waals surface area contributed by atoms with Gasteiger partial charge in [-0.1, -0.05) is 68.1 Å². The molecule has 0 spiro atoms. The summed E-state index contributed by atoms with van der Waals surface area (Å²) in [6, 6.07) is 27.6. The number of hydrogen-bond acceptors (Lipinski definition) is 0. The summed E-state index contributed by atoms with van der Waals surface area (Å²) in [5.74, 6) is 0.828. The first-order valence-corrected chi connectivity index (χ1v) is 14.2. The quantitative estimate of drug-likeness (QED) is 0.132. The van der Waals surface area contributed by atoms with Crippen molar-refractivity contribution >= 4 is 49.0 Å². The molecule has 1 fully saturated rings. The van der Waals surface area contributed by atoms with Gasteiger partial charge in [-0.15, -0.1) is 0 Å². The Morgan fingerprint density at radius 3 is 2.42 bits per heavy atom. The molecule has 0 N–H and O–H groups in total. The lowest BCUT2D eigenvalue weighted by atomic mass is 9.93. The molecule has 1 saturated carbocycles. The van der Waals surface area contributed by atoms with Crippen LogP contribution in [0.1, 0.15) is 42.4 Å². The zero-order valence-electron chi connectivity index (χ0n) is 22.5. The van der Waals surface area contributed by atoms with Crippen LogP contribution in [0.2, 0.25) is 0 Å². The van der Waals surface area contributed by atoms with E-state index in [-0.39, 0.29) is 0 Å². The topological polar surface area (TPSA) is 8.29 Å². The van der Waals surface area contributed by atoms with Gasteiger partial charge >= 0.3 is 0 Å². The van der Waals surface area contributed by atoms with E-state index in [2.05, 4.69) is 109 Å². The average Bonchev–Trinajstić information content (AvgIpc) is 3.56. The van der Waals surface area contributed by atoms with Crippen LogP contribution in [0.3, 0.4) is 0 Å². The van der Waals surface area contributed by atoms with E-state index in [9.17, 15) is 0 Å². The van der Waals surface area contributed by atoms with Crippen LogP contribution < -0.4 is 4.57 Å². The highest BCUT2D eigenvalue weighted by Crippen LogP contribution is 2.43. The fourth-order valence-corrected chi connectivity index (χ4v) is 7.44. The van der Waals surface area contributed by atoms with Crippen molar-refractivity contribution in [3.05, 3.63) is 95.7 Å². The maximum Gasteiger partial charge on any atom is 0.224 e. The lowest BCUT2D eigenvalue weighted by Gasteiger charge is -2.16. The second-order valence-electron chi connectivity index (χ2n) is 11.7. The highest BCUT2D eigenvalue weighted by molar-refractivity contribution is 6.26. The smallest absolute Gasteiger partial charge is 0.224 e. The van der Waals surface area contributed by atoms with Crippen LogP contribution >= 0.6 is 0 Å². The minimum absolute atomic E-state index is 0.828. The zero-order chi connectivity index (χ0) is 25.5. The number of aromatic nitrogens is 2. The Hall–Kier alpha value is -3.91. The average molecular weight is 494 g/mol. The van der Waals surface area contributed by atoms with Crippen molar-refractivity contribution in [1.29, 1.82) is 0 Å². The van der Waals surface area contributed by atoms with E-state index in [1.807, 2.05) is 0 Å². The third-order valence-electron chi connectivity index (χ3n) is 9.43. The van der Waals surface area contributed by atoms with Crippen LogP contribution in [0.4, 0.5) is 0 Å². The minimum Gasteiger partial charge on any atom is -0.307 e. The van der Waals surface area contributed by atoms with Crippen LogP contribution in [0.25, 0.3) is 60.1 Å². The van der Waals surface area contributed by atoms with Gasteiger partial charge in [0, 0.05) is 16.8 Å². The number of nitrogens with zero attached hydrogens (tertiary/aromatic N) is 2. The van der Waals surface area contributed by atoms with E-state index in [0.29, 0.717) is 0 Å². The third kappa shape index (κ3) is 3.04. The van der Waals surface area contributed by atoms with Gasteiger partial charge in [0.25, 0.3) is 0 Å². The van der Waals surface area contributed by atoms with Gasteiger partial charge < -0.3 is 4.40 Å². The van der Waals surface area contributed by atoms with Crippen molar-refractivity contribution in [2.24, 2.45) is 13.0 Å². The Bertz CT molecular complexity index is 2020. The van der Waals surface area contributed by atoms with Gasteiger partial charge in [-0.3, -0.25) is 0 Å². The number of hydrogen-bond donors (Lipinski definition) is 0. The first-order chi connectivity index (χ1) is 18.6. The highest BCUT2D eigenvalue weighted by Gasteiger charge is 2.26. The number of benzene rings is 4. The summed E-state index contributed by atoms with van der Waals surface area (Å²) in [5.41, 5.74) is 12.2.